The molecule has 1 nitrogen and oxygen atoms in total. The van der Waals surface area contributed by atoms with Gasteiger partial charge < -0.3 is 5.11 Å². The van der Waals surface area contributed by atoms with Gasteiger partial charge in [-0.3, -0.25) is 0 Å². The van der Waals surface area contributed by atoms with Crippen LogP contribution in [0.15, 0.2) is 12.2 Å². The van der Waals surface area contributed by atoms with Crippen molar-refractivity contribution in [2.24, 2.45) is 0 Å². The first-order valence-electron chi connectivity index (χ1n) is 3.85. The second kappa shape index (κ2) is 5.17. The van der Waals surface area contributed by atoms with Crippen LogP contribution in [-0.4, -0.2) is 19.8 Å². The van der Waals surface area contributed by atoms with Gasteiger partial charge in [0.1, 0.15) is 8.07 Å². The van der Waals surface area contributed by atoms with Crippen LogP contribution >= 0.6 is 0 Å². The zero-order valence-corrected chi connectivity index (χ0v) is 8.52. The van der Waals surface area contributed by atoms with E-state index < -0.39 is 8.07 Å². The molecule has 0 rings (SSSR count). The molecule has 0 unspecified atom stereocenters. The third-order valence-electron chi connectivity index (χ3n) is 0.944. The topological polar surface area (TPSA) is 20.2 Å². The summed E-state index contributed by atoms with van der Waals surface area (Å²) in [4.78, 5) is 0. The van der Waals surface area contributed by atoms with Gasteiger partial charge in [-0.1, -0.05) is 31.6 Å². The molecule has 0 bridgehead atoms. The smallest absolute Gasteiger partial charge is 0.129 e. The van der Waals surface area contributed by atoms with Gasteiger partial charge in [0.05, 0.1) is 0 Å². The highest BCUT2D eigenvalue weighted by molar-refractivity contribution is 6.83. The summed E-state index contributed by atoms with van der Waals surface area (Å²) in [6, 6.07) is 0. The van der Waals surface area contributed by atoms with E-state index in [9.17, 15) is 0 Å². The van der Waals surface area contributed by atoms with Gasteiger partial charge in [-0.25, -0.2) is 0 Å². The lowest BCUT2D eigenvalue weighted by molar-refractivity contribution is 0.302. The van der Waals surface area contributed by atoms with Crippen LogP contribution in [0, 0.1) is 11.5 Å². The van der Waals surface area contributed by atoms with E-state index >= 15 is 0 Å². The second-order valence-electron chi connectivity index (χ2n) is 3.43. The maximum Gasteiger partial charge on any atom is 0.129 e. The number of hydrogen-bond donors (Lipinski definition) is 1. The van der Waals surface area contributed by atoms with Crippen LogP contribution in [0.2, 0.25) is 19.6 Å². The van der Waals surface area contributed by atoms with Gasteiger partial charge in [0.25, 0.3) is 0 Å². The van der Waals surface area contributed by atoms with E-state index in [0.29, 0.717) is 6.42 Å². The quantitative estimate of drug-likeness (QED) is 0.492. The lowest BCUT2D eigenvalue weighted by atomic mass is 10.4. The van der Waals surface area contributed by atoms with E-state index in [1.54, 1.807) is 0 Å². The molecule has 2 heteroatoms. The molecule has 0 radical (unpaired) electrons. The molecule has 0 aliphatic heterocycles. The number of rotatable bonds is 2. The Morgan fingerprint density at radius 1 is 1.36 bits per heavy atom. The van der Waals surface area contributed by atoms with Crippen molar-refractivity contribution < 1.29 is 5.11 Å². The lowest BCUT2D eigenvalue weighted by Crippen LogP contribution is -2.16. The molecule has 0 aromatic rings. The van der Waals surface area contributed by atoms with Crippen LogP contribution in [0.5, 0.6) is 0 Å². The van der Waals surface area contributed by atoms with Crippen molar-refractivity contribution in [3.63, 3.8) is 0 Å². The zero-order valence-electron chi connectivity index (χ0n) is 7.52. The van der Waals surface area contributed by atoms with Gasteiger partial charge in [-0.15, -0.1) is 5.54 Å². The average molecular weight is 168 g/mol. The van der Waals surface area contributed by atoms with Crippen molar-refractivity contribution >= 4 is 8.07 Å². The highest BCUT2D eigenvalue weighted by Gasteiger charge is 2.06. The van der Waals surface area contributed by atoms with Gasteiger partial charge in [0, 0.05) is 6.61 Å². The van der Waals surface area contributed by atoms with Crippen LogP contribution < -0.4 is 0 Å². The van der Waals surface area contributed by atoms with Crippen molar-refractivity contribution in [3.8, 4) is 11.5 Å². The predicted molar refractivity (Wildman–Crippen MR) is 52.0 cm³/mol. The lowest BCUT2D eigenvalue weighted by Gasteiger charge is -2.01. The van der Waals surface area contributed by atoms with Gasteiger partial charge in [-0.05, 0) is 12.5 Å². The minimum atomic E-state index is -1.19. The molecule has 0 saturated carbocycles. The fourth-order valence-corrected chi connectivity index (χ4v) is 0.991. The average Bonchev–Trinajstić information content (AvgIpc) is 1.85. The summed E-state index contributed by atoms with van der Waals surface area (Å²) in [5.74, 6) is 2.98. The van der Waals surface area contributed by atoms with Gasteiger partial charge in [0.2, 0.25) is 0 Å². The van der Waals surface area contributed by atoms with E-state index in [1.165, 1.54) is 0 Å². The van der Waals surface area contributed by atoms with Crippen LogP contribution in [0.25, 0.3) is 0 Å². The Labute approximate surface area is 70.1 Å². The van der Waals surface area contributed by atoms with Crippen molar-refractivity contribution in [2.75, 3.05) is 6.61 Å². The molecule has 0 fully saturated rings. The Kier molecular flexibility index (Phi) is 4.92. The Balaban J connectivity index is 3.72. The molecule has 0 aromatic heterocycles. The van der Waals surface area contributed by atoms with Crippen molar-refractivity contribution in [1.29, 1.82) is 0 Å². The molecule has 0 amide bonds. The normalized spacial score (nSPS) is 11.3. The number of hydrogen-bond acceptors (Lipinski definition) is 1. The van der Waals surface area contributed by atoms with Crippen LogP contribution in [0.3, 0.4) is 0 Å². The first-order valence-corrected chi connectivity index (χ1v) is 7.35. The minimum absolute atomic E-state index is 0.213. The molecule has 0 aliphatic carbocycles. The van der Waals surface area contributed by atoms with E-state index in [4.69, 9.17) is 5.11 Å². The fraction of sp³-hybridized carbons (Fsp3) is 0.556. The summed E-state index contributed by atoms with van der Waals surface area (Å²) < 4.78 is 0. The Morgan fingerprint density at radius 3 is 2.45 bits per heavy atom. The Hall–Kier alpha value is -0.523. The summed E-state index contributed by atoms with van der Waals surface area (Å²) in [5.41, 5.74) is 3.20. The van der Waals surface area contributed by atoms with Gasteiger partial charge in [0.15, 0.2) is 0 Å². The van der Waals surface area contributed by atoms with Gasteiger partial charge >= 0.3 is 0 Å². The van der Waals surface area contributed by atoms with E-state index in [-0.39, 0.29) is 6.61 Å². The van der Waals surface area contributed by atoms with E-state index in [2.05, 4.69) is 31.1 Å². The summed E-state index contributed by atoms with van der Waals surface area (Å²) in [6.07, 6.45) is 4.43. The predicted octanol–water partition coefficient (Wildman–Crippen LogP) is 1.81. The Bertz CT molecular complexity index is 178. The van der Waals surface area contributed by atoms with Crippen LogP contribution in [-0.2, 0) is 0 Å². The zero-order chi connectivity index (χ0) is 8.74. The molecule has 0 aromatic carbocycles. The van der Waals surface area contributed by atoms with Crippen LogP contribution in [0.4, 0.5) is 0 Å². The van der Waals surface area contributed by atoms with Crippen molar-refractivity contribution in [1.82, 2.24) is 0 Å². The minimum Gasteiger partial charge on any atom is -0.396 e. The number of aliphatic hydroxyl groups excluding tert-OH is 1. The monoisotopic (exact) mass is 168 g/mol. The van der Waals surface area contributed by atoms with Crippen molar-refractivity contribution in [2.45, 2.75) is 26.1 Å². The summed E-state index contributed by atoms with van der Waals surface area (Å²) in [6.45, 7) is 6.84. The maximum absolute atomic E-state index is 8.43. The molecule has 0 saturated heterocycles. The number of aliphatic hydroxyl groups is 1. The molecule has 1 N–H and O–H groups in total. The third kappa shape index (κ3) is 9.48. The molecule has 0 aliphatic rings. The maximum atomic E-state index is 8.43. The molecular formula is C9H16OSi. The SMILES string of the molecule is C[Si](C)(C)C#CC=CCCO. The second-order valence-corrected chi connectivity index (χ2v) is 8.18. The molecule has 0 spiro atoms. The first kappa shape index (κ1) is 10.5. The van der Waals surface area contributed by atoms with Crippen LogP contribution in [0.1, 0.15) is 6.42 Å². The third-order valence-corrected chi connectivity index (χ3v) is 1.84. The highest BCUT2D eigenvalue weighted by atomic mass is 28.3. The standard InChI is InChI=1S/C9H16OSi/c1-11(2,3)9-7-5-4-6-8-10/h4-5,10H,6,8H2,1-3H3. The van der Waals surface area contributed by atoms with Gasteiger partial charge in [-0.2, -0.15) is 0 Å². The van der Waals surface area contributed by atoms with E-state index in [0.717, 1.165) is 0 Å². The molecular weight excluding hydrogens is 152 g/mol. The summed E-state index contributed by atoms with van der Waals surface area (Å²) in [7, 11) is -1.19. The van der Waals surface area contributed by atoms with E-state index in [1.807, 2.05) is 12.2 Å². The summed E-state index contributed by atoms with van der Waals surface area (Å²) in [5, 5.41) is 8.43. The largest absolute Gasteiger partial charge is 0.396 e. The Morgan fingerprint density at radius 2 is 2.00 bits per heavy atom. The fourth-order valence-electron chi connectivity index (χ4n) is 0.475. The number of allylic oxidation sites excluding steroid dienone is 1. The van der Waals surface area contributed by atoms with Crippen molar-refractivity contribution in [3.05, 3.63) is 12.2 Å². The molecule has 62 valence electrons. The molecule has 11 heavy (non-hydrogen) atoms. The molecule has 0 heterocycles. The highest BCUT2D eigenvalue weighted by Crippen LogP contribution is 1.95. The molecule has 0 atom stereocenters. The summed E-state index contributed by atoms with van der Waals surface area (Å²) >= 11 is 0. The first-order chi connectivity index (χ1) is 5.06.